The van der Waals surface area contributed by atoms with Gasteiger partial charge in [-0.25, -0.2) is 30.9 Å². The maximum absolute atomic E-state index is 11.8. The summed E-state index contributed by atoms with van der Waals surface area (Å²) < 4.78 is 47.5. The van der Waals surface area contributed by atoms with E-state index in [1.54, 1.807) is 0 Å². The molecule has 118 valence electrons. The van der Waals surface area contributed by atoms with E-state index in [1.807, 2.05) is 0 Å². The predicted molar refractivity (Wildman–Crippen MR) is 81.1 cm³/mol. The van der Waals surface area contributed by atoms with Crippen LogP contribution in [0.1, 0.15) is 10.5 Å². The van der Waals surface area contributed by atoms with Gasteiger partial charge >= 0.3 is 5.97 Å². The van der Waals surface area contributed by atoms with Gasteiger partial charge in [-0.05, 0) is 12.1 Å². The third kappa shape index (κ3) is 3.10. The highest BCUT2D eigenvalue weighted by Crippen LogP contribution is 2.35. The zero-order valence-corrected chi connectivity index (χ0v) is 13.6. The van der Waals surface area contributed by atoms with E-state index in [0.29, 0.717) is 4.31 Å². The zero-order chi connectivity index (χ0) is 16.5. The van der Waals surface area contributed by atoms with Gasteiger partial charge in [0.25, 0.3) is 0 Å². The maximum Gasteiger partial charge on any atom is 0.357 e. The number of aromatic nitrogens is 1. The molecule has 0 aliphatic carbocycles. The number of aromatic carboxylic acids is 1. The Bertz CT molecular complexity index is 892. The maximum atomic E-state index is 11.8. The summed E-state index contributed by atoms with van der Waals surface area (Å²) in [5, 5.41) is 8.88. The number of rotatable bonds is 5. The smallest absolute Gasteiger partial charge is 0.357 e. The lowest BCUT2D eigenvalue weighted by Gasteiger charge is -2.18. The van der Waals surface area contributed by atoms with Crippen molar-refractivity contribution in [2.75, 3.05) is 10.6 Å². The minimum atomic E-state index is -3.71. The highest BCUT2D eigenvalue weighted by molar-refractivity contribution is 7.91. The van der Waals surface area contributed by atoms with Crippen LogP contribution in [0.15, 0.2) is 34.7 Å². The molecular formula is C11H10N2O6S3. The summed E-state index contributed by atoms with van der Waals surface area (Å²) in [5.74, 6) is -1.41. The Morgan fingerprint density at radius 1 is 1.32 bits per heavy atom. The molecule has 1 heterocycles. The van der Waals surface area contributed by atoms with E-state index in [-0.39, 0.29) is 15.6 Å². The van der Waals surface area contributed by atoms with Crippen molar-refractivity contribution in [2.45, 2.75) is 4.90 Å². The normalized spacial score (nSPS) is 11.5. The fourth-order valence-electron chi connectivity index (χ4n) is 1.75. The molecule has 0 spiro atoms. The summed E-state index contributed by atoms with van der Waals surface area (Å²) >= 11 is 0.784. The third-order valence-electron chi connectivity index (χ3n) is 2.60. The topological polar surface area (TPSA) is 122 Å². The number of carboxylic acids is 1. The van der Waals surface area contributed by atoms with E-state index in [1.165, 1.54) is 29.8 Å². The molecule has 0 atom stereocenters. The summed E-state index contributed by atoms with van der Waals surface area (Å²) in [6.45, 7) is 0. The molecule has 0 amide bonds. The number of nitrogens with zero attached hydrogens (tertiary/aromatic N) is 2. The number of anilines is 2. The lowest BCUT2D eigenvalue weighted by atomic mass is 10.3. The second kappa shape index (κ2) is 6.02. The lowest BCUT2D eigenvalue weighted by molar-refractivity contribution is 0.0692. The van der Waals surface area contributed by atoms with Crippen molar-refractivity contribution in [1.29, 1.82) is 0 Å². The second-order valence-corrected chi connectivity index (χ2v) is 7.79. The van der Waals surface area contributed by atoms with E-state index in [9.17, 15) is 21.6 Å². The minimum Gasteiger partial charge on any atom is -0.476 e. The average Bonchev–Trinajstić information content (AvgIpc) is 2.87. The van der Waals surface area contributed by atoms with Gasteiger partial charge in [-0.1, -0.05) is 12.1 Å². The number of sulfone groups is 1. The highest BCUT2D eigenvalue weighted by atomic mass is 32.2. The van der Waals surface area contributed by atoms with Crippen LogP contribution in [-0.4, -0.2) is 39.2 Å². The number of carbonyl (C=O) groups is 1. The summed E-state index contributed by atoms with van der Waals surface area (Å²) in [4.78, 5) is 14.5. The van der Waals surface area contributed by atoms with Gasteiger partial charge in [0, 0.05) is 6.26 Å². The van der Waals surface area contributed by atoms with Crippen LogP contribution in [0.2, 0.25) is 0 Å². The van der Waals surface area contributed by atoms with Gasteiger partial charge in [-0.3, -0.25) is 0 Å². The molecule has 11 heteroatoms. The van der Waals surface area contributed by atoms with Gasteiger partial charge in [0.05, 0.1) is 16.1 Å². The molecule has 0 saturated carbocycles. The van der Waals surface area contributed by atoms with Crippen LogP contribution >= 0.6 is 11.3 Å². The first kappa shape index (κ1) is 16.4. The van der Waals surface area contributed by atoms with Crippen molar-refractivity contribution in [3.05, 3.63) is 35.5 Å². The van der Waals surface area contributed by atoms with Crippen molar-refractivity contribution in [2.24, 2.45) is 0 Å². The first-order valence-corrected chi connectivity index (χ1v) is 9.54. The fourth-order valence-corrected chi connectivity index (χ4v) is 4.33. The van der Waals surface area contributed by atoms with Crippen molar-refractivity contribution >= 4 is 48.7 Å². The minimum absolute atomic E-state index is 0.145. The number of hydrogen-bond donors (Lipinski definition) is 2. The van der Waals surface area contributed by atoms with Gasteiger partial charge in [0.1, 0.15) is 5.00 Å². The molecule has 0 saturated heterocycles. The van der Waals surface area contributed by atoms with Gasteiger partial charge in [-0.2, -0.15) is 0 Å². The summed E-state index contributed by atoms with van der Waals surface area (Å²) in [6.07, 6.45) is 0.937. The predicted octanol–water partition coefficient (Wildman–Crippen LogP) is 0.909. The fraction of sp³-hybridized carbons (Fsp3) is 0.0909. The van der Waals surface area contributed by atoms with Gasteiger partial charge in [0.2, 0.25) is 10.9 Å². The Balaban J connectivity index is 2.76. The molecule has 0 radical (unpaired) electrons. The lowest BCUT2D eigenvalue weighted by Crippen LogP contribution is -2.19. The number of carboxylic acid groups (broad SMARTS) is 1. The van der Waals surface area contributed by atoms with Crippen LogP contribution in [-0.2, 0) is 20.7 Å². The van der Waals surface area contributed by atoms with E-state index >= 15 is 0 Å². The first-order chi connectivity index (χ1) is 10.2. The van der Waals surface area contributed by atoms with Crippen molar-refractivity contribution in [1.82, 2.24) is 4.98 Å². The van der Waals surface area contributed by atoms with Crippen LogP contribution < -0.4 is 4.31 Å². The number of thiazole rings is 1. The molecule has 8 nitrogen and oxygen atoms in total. The number of thiol groups is 1. The Hall–Kier alpha value is -1.98. The van der Waals surface area contributed by atoms with Gasteiger partial charge in [0.15, 0.2) is 15.5 Å². The Morgan fingerprint density at radius 3 is 2.50 bits per heavy atom. The molecular weight excluding hydrogens is 352 g/mol. The van der Waals surface area contributed by atoms with Crippen molar-refractivity contribution in [3.8, 4) is 0 Å². The molecule has 0 aliphatic heterocycles. The standard InChI is InChI=1S/C11H10N2O6S3/c1-22(18,19)8-5-3-2-4-7(8)13(21(16)17)10-9(11(14)15)12-6-20-10/h2-6,21H,1H3,(H,14,15). The van der Waals surface area contributed by atoms with Gasteiger partial charge < -0.3 is 5.11 Å². The molecule has 1 aromatic heterocycles. The molecule has 2 rings (SSSR count). The van der Waals surface area contributed by atoms with Crippen LogP contribution in [0.4, 0.5) is 10.7 Å². The molecule has 0 unspecified atom stereocenters. The molecule has 1 aromatic carbocycles. The van der Waals surface area contributed by atoms with E-state index < -0.39 is 32.4 Å². The van der Waals surface area contributed by atoms with Crippen LogP contribution in [0, 0.1) is 0 Å². The number of hydrogen-bond acceptors (Lipinski definition) is 7. The Labute approximate surface area is 131 Å². The van der Waals surface area contributed by atoms with Gasteiger partial charge in [-0.15, -0.1) is 11.3 Å². The molecule has 0 bridgehead atoms. The average molecular weight is 362 g/mol. The van der Waals surface area contributed by atoms with E-state index in [4.69, 9.17) is 5.11 Å². The molecule has 1 N–H and O–H groups in total. The van der Waals surface area contributed by atoms with Crippen molar-refractivity contribution < 1.29 is 26.7 Å². The highest BCUT2D eigenvalue weighted by Gasteiger charge is 2.26. The number of benzene rings is 1. The molecule has 0 aliphatic rings. The van der Waals surface area contributed by atoms with E-state index in [0.717, 1.165) is 17.6 Å². The SMILES string of the molecule is CS(=O)(=O)c1ccccc1N(c1scnc1C(=O)O)[SH](=O)=O. The Kier molecular flexibility index (Phi) is 4.49. The van der Waals surface area contributed by atoms with E-state index in [2.05, 4.69) is 4.98 Å². The van der Waals surface area contributed by atoms with Crippen molar-refractivity contribution in [3.63, 3.8) is 0 Å². The summed E-state index contributed by atoms with van der Waals surface area (Å²) in [5.41, 5.74) is 0.564. The Morgan fingerprint density at radius 2 is 1.95 bits per heavy atom. The molecule has 22 heavy (non-hydrogen) atoms. The summed E-state index contributed by atoms with van der Waals surface area (Å²) in [6, 6.07) is 5.43. The largest absolute Gasteiger partial charge is 0.476 e. The summed E-state index contributed by atoms with van der Waals surface area (Å²) in [7, 11) is -7.03. The van der Waals surface area contributed by atoms with Crippen LogP contribution in [0.5, 0.6) is 0 Å². The third-order valence-corrected chi connectivity index (χ3v) is 5.43. The van der Waals surface area contributed by atoms with Crippen LogP contribution in [0.25, 0.3) is 0 Å². The monoisotopic (exact) mass is 362 g/mol. The zero-order valence-electron chi connectivity index (χ0n) is 11.0. The molecule has 2 aromatic rings. The first-order valence-electron chi connectivity index (χ1n) is 5.63. The molecule has 0 fully saturated rings. The number of para-hydroxylation sites is 1. The quantitative estimate of drug-likeness (QED) is 0.758. The van der Waals surface area contributed by atoms with Crippen LogP contribution in [0.3, 0.4) is 0 Å². The second-order valence-electron chi connectivity index (χ2n) is 4.10.